The quantitative estimate of drug-likeness (QED) is 0.578. The lowest BCUT2D eigenvalue weighted by atomic mass is 10.1. The van der Waals surface area contributed by atoms with E-state index in [2.05, 4.69) is 0 Å². The van der Waals surface area contributed by atoms with Crippen LogP contribution < -0.4 is 9.64 Å². The van der Waals surface area contributed by atoms with E-state index in [-0.39, 0.29) is 23.1 Å². The molecule has 0 spiro atoms. The summed E-state index contributed by atoms with van der Waals surface area (Å²) in [6.07, 6.45) is 0.846. The van der Waals surface area contributed by atoms with Crippen molar-refractivity contribution >= 4 is 17.3 Å². The van der Waals surface area contributed by atoms with Crippen LogP contribution in [0.1, 0.15) is 12.5 Å². The Balaban J connectivity index is 1.56. The third-order valence-electron chi connectivity index (χ3n) is 4.76. The normalized spacial score (nSPS) is 14.1. The lowest BCUT2D eigenvalue weighted by Gasteiger charge is -2.35. The van der Waals surface area contributed by atoms with E-state index in [0.29, 0.717) is 31.9 Å². The first-order valence-corrected chi connectivity index (χ1v) is 9.07. The molecule has 142 valence electrons. The molecule has 1 saturated heterocycles. The summed E-state index contributed by atoms with van der Waals surface area (Å²) in [6.45, 7) is 4.20. The molecule has 1 aliphatic rings. The number of carbonyl (C=O) groups is 1. The maximum Gasteiger partial charge on any atom is 0.292 e. The third-order valence-corrected chi connectivity index (χ3v) is 4.76. The van der Waals surface area contributed by atoms with Crippen molar-refractivity contribution < 1.29 is 14.5 Å². The summed E-state index contributed by atoms with van der Waals surface area (Å²) in [5.74, 6) is 0.676. The van der Waals surface area contributed by atoms with Crippen molar-refractivity contribution in [3.63, 3.8) is 0 Å². The fourth-order valence-electron chi connectivity index (χ4n) is 3.25. The van der Waals surface area contributed by atoms with Gasteiger partial charge in [-0.1, -0.05) is 37.3 Å². The molecule has 7 nitrogen and oxygen atoms in total. The summed E-state index contributed by atoms with van der Waals surface area (Å²) in [6, 6.07) is 14.4. The lowest BCUT2D eigenvalue weighted by Crippen LogP contribution is -2.50. The molecule has 1 aliphatic heterocycles. The fraction of sp³-hybridized carbons (Fsp3) is 0.350. The first-order valence-electron chi connectivity index (χ1n) is 9.07. The van der Waals surface area contributed by atoms with E-state index < -0.39 is 0 Å². The molecule has 0 aromatic heterocycles. The minimum absolute atomic E-state index is 0.00248. The maximum absolute atomic E-state index is 12.5. The molecule has 7 heteroatoms. The van der Waals surface area contributed by atoms with Gasteiger partial charge >= 0.3 is 0 Å². The summed E-state index contributed by atoms with van der Waals surface area (Å²) in [5, 5.41) is 11.2. The van der Waals surface area contributed by atoms with Gasteiger partial charge in [0.2, 0.25) is 0 Å². The second kappa shape index (κ2) is 8.53. The summed E-state index contributed by atoms with van der Waals surface area (Å²) < 4.78 is 5.71. The number of nitrogens with zero attached hydrogens (tertiary/aromatic N) is 3. The molecule has 0 N–H and O–H groups in total. The molecule has 1 amide bonds. The third kappa shape index (κ3) is 4.36. The van der Waals surface area contributed by atoms with Crippen LogP contribution in [0.15, 0.2) is 48.5 Å². The highest BCUT2D eigenvalue weighted by Gasteiger charge is 2.25. The van der Waals surface area contributed by atoms with Crippen molar-refractivity contribution in [3.8, 4) is 5.75 Å². The Morgan fingerprint density at radius 1 is 1.07 bits per heavy atom. The van der Waals surface area contributed by atoms with E-state index in [4.69, 9.17) is 4.74 Å². The second-order valence-corrected chi connectivity index (χ2v) is 6.36. The van der Waals surface area contributed by atoms with Crippen molar-refractivity contribution in [2.24, 2.45) is 0 Å². The van der Waals surface area contributed by atoms with Crippen LogP contribution >= 0.6 is 0 Å². The number of nitro benzene ring substituents is 1. The zero-order chi connectivity index (χ0) is 19.2. The Morgan fingerprint density at radius 3 is 2.44 bits per heavy atom. The Morgan fingerprint density at radius 2 is 1.74 bits per heavy atom. The summed E-state index contributed by atoms with van der Waals surface area (Å²) in [7, 11) is 0. The molecule has 2 aromatic rings. The van der Waals surface area contributed by atoms with Gasteiger partial charge in [-0.25, -0.2) is 0 Å². The SMILES string of the molecule is CCc1ccccc1OCC(=O)N1CCN(c2ccccc2[N+](=O)[O-])CC1. The molecule has 0 saturated carbocycles. The second-order valence-electron chi connectivity index (χ2n) is 6.36. The molecule has 0 radical (unpaired) electrons. The van der Waals surface area contributed by atoms with Crippen molar-refractivity contribution in [3.05, 3.63) is 64.2 Å². The van der Waals surface area contributed by atoms with E-state index in [1.807, 2.05) is 36.1 Å². The van der Waals surface area contributed by atoms with Gasteiger partial charge in [-0.05, 0) is 24.1 Å². The number of hydrogen-bond acceptors (Lipinski definition) is 5. The van der Waals surface area contributed by atoms with Crippen LogP contribution in [0.3, 0.4) is 0 Å². The summed E-state index contributed by atoms with van der Waals surface area (Å²) >= 11 is 0. The van der Waals surface area contributed by atoms with Gasteiger partial charge in [0, 0.05) is 32.2 Å². The number of hydrogen-bond donors (Lipinski definition) is 0. The number of nitro groups is 1. The van der Waals surface area contributed by atoms with E-state index in [0.717, 1.165) is 17.7 Å². The average Bonchev–Trinajstić information content (AvgIpc) is 2.72. The fourth-order valence-corrected chi connectivity index (χ4v) is 3.25. The Kier molecular flexibility index (Phi) is 5.90. The predicted octanol–water partition coefficient (Wildman–Crippen LogP) is 2.88. The highest BCUT2D eigenvalue weighted by atomic mass is 16.6. The van der Waals surface area contributed by atoms with Crippen LogP contribution in [0.4, 0.5) is 11.4 Å². The molecule has 0 bridgehead atoms. The van der Waals surface area contributed by atoms with Gasteiger partial charge in [0.1, 0.15) is 11.4 Å². The Hall–Kier alpha value is -3.09. The Labute approximate surface area is 158 Å². The van der Waals surface area contributed by atoms with Gasteiger partial charge in [-0.15, -0.1) is 0 Å². The lowest BCUT2D eigenvalue weighted by molar-refractivity contribution is -0.384. The largest absolute Gasteiger partial charge is 0.483 e. The van der Waals surface area contributed by atoms with Crippen LogP contribution in [-0.2, 0) is 11.2 Å². The number of amides is 1. The number of carbonyl (C=O) groups excluding carboxylic acids is 1. The number of ether oxygens (including phenoxy) is 1. The zero-order valence-corrected chi connectivity index (χ0v) is 15.3. The molecule has 1 heterocycles. The maximum atomic E-state index is 12.5. The monoisotopic (exact) mass is 369 g/mol. The van der Waals surface area contributed by atoms with E-state index in [1.165, 1.54) is 6.07 Å². The van der Waals surface area contributed by atoms with Crippen LogP contribution in [0.2, 0.25) is 0 Å². The van der Waals surface area contributed by atoms with Gasteiger partial charge in [-0.3, -0.25) is 14.9 Å². The molecular weight excluding hydrogens is 346 g/mol. The summed E-state index contributed by atoms with van der Waals surface area (Å²) in [5.41, 5.74) is 1.77. The minimum atomic E-state index is -0.369. The Bertz CT molecular complexity index is 816. The number of piperazine rings is 1. The van der Waals surface area contributed by atoms with Gasteiger partial charge in [-0.2, -0.15) is 0 Å². The number of rotatable bonds is 6. The first-order chi connectivity index (χ1) is 13.1. The number of anilines is 1. The van der Waals surface area contributed by atoms with Crippen LogP contribution in [0.5, 0.6) is 5.75 Å². The smallest absolute Gasteiger partial charge is 0.292 e. The number of para-hydroxylation sites is 3. The highest BCUT2D eigenvalue weighted by molar-refractivity contribution is 5.78. The van der Waals surface area contributed by atoms with Gasteiger partial charge < -0.3 is 14.5 Å². The molecule has 0 atom stereocenters. The summed E-state index contributed by atoms with van der Waals surface area (Å²) in [4.78, 5) is 27.0. The standard InChI is InChI=1S/C20H23N3O4/c1-2-16-7-3-6-10-19(16)27-15-20(24)22-13-11-21(12-14-22)17-8-4-5-9-18(17)23(25)26/h3-10H,2,11-15H2,1H3. The van der Waals surface area contributed by atoms with Crippen LogP contribution in [0.25, 0.3) is 0 Å². The zero-order valence-electron chi connectivity index (χ0n) is 15.3. The first kappa shape index (κ1) is 18.7. The van der Waals surface area contributed by atoms with Gasteiger partial charge in [0.25, 0.3) is 11.6 Å². The topological polar surface area (TPSA) is 75.9 Å². The van der Waals surface area contributed by atoms with Crippen LogP contribution in [0, 0.1) is 10.1 Å². The van der Waals surface area contributed by atoms with Gasteiger partial charge in [0.05, 0.1) is 4.92 Å². The van der Waals surface area contributed by atoms with Crippen LogP contribution in [-0.4, -0.2) is 48.5 Å². The van der Waals surface area contributed by atoms with Crippen molar-refractivity contribution in [2.45, 2.75) is 13.3 Å². The molecule has 2 aromatic carbocycles. The molecule has 27 heavy (non-hydrogen) atoms. The predicted molar refractivity (Wildman–Crippen MR) is 103 cm³/mol. The molecule has 0 aliphatic carbocycles. The minimum Gasteiger partial charge on any atom is -0.483 e. The van der Waals surface area contributed by atoms with Crippen molar-refractivity contribution in [1.29, 1.82) is 0 Å². The van der Waals surface area contributed by atoms with Crippen molar-refractivity contribution in [1.82, 2.24) is 4.90 Å². The molecule has 3 rings (SSSR count). The number of aryl methyl sites for hydroxylation is 1. The van der Waals surface area contributed by atoms with E-state index in [1.54, 1.807) is 23.1 Å². The molecule has 0 unspecified atom stereocenters. The highest BCUT2D eigenvalue weighted by Crippen LogP contribution is 2.28. The van der Waals surface area contributed by atoms with Crippen molar-refractivity contribution in [2.75, 3.05) is 37.7 Å². The van der Waals surface area contributed by atoms with E-state index in [9.17, 15) is 14.9 Å². The molecular formula is C20H23N3O4. The molecule has 1 fully saturated rings. The van der Waals surface area contributed by atoms with E-state index >= 15 is 0 Å². The van der Waals surface area contributed by atoms with Gasteiger partial charge in [0.15, 0.2) is 6.61 Å². The number of benzene rings is 2. The average molecular weight is 369 g/mol.